The molecule has 0 saturated carbocycles. The first kappa shape index (κ1) is 12.6. The van der Waals surface area contributed by atoms with Gasteiger partial charge in [-0.1, -0.05) is 6.07 Å². The van der Waals surface area contributed by atoms with E-state index >= 15 is 0 Å². The first-order valence-electron chi connectivity index (χ1n) is 5.84. The maximum atomic E-state index is 5.46. The van der Waals surface area contributed by atoms with Crippen LogP contribution in [-0.2, 0) is 6.54 Å². The van der Waals surface area contributed by atoms with Crippen molar-refractivity contribution in [2.45, 2.75) is 26.4 Å². The highest BCUT2D eigenvalue weighted by molar-refractivity contribution is 5.15. The zero-order valence-corrected chi connectivity index (χ0v) is 10.8. The number of hydrogen-bond acceptors (Lipinski definition) is 5. The SMILES string of the molecule is COc1cccc(CNC(C)c2ncc(C)o2)n1. The van der Waals surface area contributed by atoms with E-state index in [1.54, 1.807) is 13.3 Å². The molecule has 2 heterocycles. The average Bonchev–Trinajstić information content (AvgIpc) is 2.83. The van der Waals surface area contributed by atoms with Gasteiger partial charge in [-0.2, -0.15) is 0 Å². The highest BCUT2D eigenvalue weighted by Crippen LogP contribution is 2.13. The molecule has 5 nitrogen and oxygen atoms in total. The standard InChI is InChI=1S/C13H17N3O2/c1-9-7-15-13(18-9)10(2)14-8-11-5-4-6-12(16-11)17-3/h4-7,10,14H,8H2,1-3H3. The number of methoxy groups -OCH3 is 1. The smallest absolute Gasteiger partial charge is 0.213 e. The van der Waals surface area contributed by atoms with E-state index in [1.807, 2.05) is 32.0 Å². The van der Waals surface area contributed by atoms with Crippen molar-refractivity contribution in [3.8, 4) is 5.88 Å². The minimum absolute atomic E-state index is 0.0479. The van der Waals surface area contributed by atoms with Gasteiger partial charge in [0.1, 0.15) is 5.76 Å². The lowest BCUT2D eigenvalue weighted by molar-refractivity contribution is 0.389. The van der Waals surface area contributed by atoms with Crippen molar-refractivity contribution in [2.24, 2.45) is 0 Å². The Morgan fingerprint density at radius 3 is 2.94 bits per heavy atom. The number of oxazole rings is 1. The Hall–Kier alpha value is -1.88. The second-order valence-electron chi connectivity index (χ2n) is 4.08. The summed E-state index contributed by atoms with van der Waals surface area (Å²) in [5.74, 6) is 2.13. The normalized spacial score (nSPS) is 12.4. The summed E-state index contributed by atoms with van der Waals surface area (Å²) in [6.45, 7) is 4.53. The molecule has 0 aliphatic rings. The van der Waals surface area contributed by atoms with Gasteiger partial charge < -0.3 is 14.5 Å². The Labute approximate surface area is 106 Å². The molecule has 2 aromatic heterocycles. The van der Waals surface area contributed by atoms with Crippen LogP contribution < -0.4 is 10.1 Å². The van der Waals surface area contributed by atoms with Crippen molar-refractivity contribution >= 4 is 0 Å². The van der Waals surface area contributed by atoms with Crippen LogP contribution in [0.15, 0.2) is 28.8 Å². The van der Waals surface area contributed by atoms with Gasteiger partial charge in [0.15, 0.2) is 0 Å². The number of hydrogen-bond donors (Lipinski definition) is 1. The number of ether oxygens (including phenoxy) is 1. The molecule has 0 saturated heterocycles. The number of nitrogens with one attached hydrogen (secondary N) is 1. The summed E-state index contributed by atoms with van der Waals surface area (Å²) in [7, 11) is 1.61. The van der Waals surface area contributed by atoms with Crippen molar-refractivity contribution in [2.75, 3.05) is 7.11 Å². The molecule has 18 heavy (non-hydrogen) atoms. The van der Waals surface area contributed by atoms with Gasteiger partial charge in [0.25, 0.3) is 0 Å². The van der Waals surface area contributed by atoms with Crippen LogP contribution in [0.3, 0.4) is 0 Å². The molecule has 0 fully saturated rings. The van der Waals surface area contributed by atoms with Gasteiger partial charge in [-0.25, -0.2) is 9.97 Å². The lowest BCUT2D eigenvalue weighted by Gasteiger charge is -2.10. The highest BCUT2D eigenvalue weighted by Gasteiger charge is 2.10. The Morgan fingerprint density at radius 1 is 1.44 bits per heavy atom. The van der Waals surface area contributed by atoms with Gasteiger partial charge >= 0.3 is 0 Å². The van der Waals surface area contributed by atoms with E-state index in [-0.39, 0.29) is 6.04 Å². The van der Waals surface area contributed by atoms with E-state index in [9.17, 15) is 0 Å². The third-order valence-electron chi connectivity index (χ3n) is 2.59. The first-order chi connectivity index (χ1) is 8.69. The lowest BCUT2D eigenvalue weighted by Crippen LogP contribution is -2.19. The topological polar surface area (TPSA) is 60.2 Å². The molecule has 2 rings (SSSR count). The van der Waals surface area contributed by atoms with E-state index in [4.69, 9.17) is 9.15 Å². The largest absolute Gasteiger partial charge is 0.481 e. The Kier molecular flexibility index (Phi) is 3.94. The van der Waals surface area contributed by atoms with Gasteiger partial charge in [-0.3, -0.25) is 0 Å². The third-order valence-corrected chi connectivity index (χ3v) is 2.59. The molecule has 0 bridgehead atoms. The van der Waals surface area contributed by atoms with Gasteiger partial charge in [-0.15, -0.1) is 0 Å². The molecule has 96 valence electrons. The van der Waals surface area contributed by atoms with Crippen LogP contribution in [0.25, 0.3) is 0 Å². The Bertz CT molecular complexity index is 510. The molecule has 0 amide bonds. The Morgan fingerprint density at radius 2 is 2.28 bits per heavy atom. The van der Waals surface area contributed by atoms with E-state index in [2.05, 4.69) is 15.3 Å². The molecule has 0 radical (unpaired) electrons. The van der Waals surface area contributed by atoms with Crippen molar-refractivity contribution in [1.82, 2.24) is 15.3 Å². The molecular formula is C13H17N3O2. The quantitative estimate of drug-likeness (QED) is 0.878. The van der Waals surface area contributed by atoms with Gasteiger partial charge in [0.2, 0.25) is 11.8 Å². The summed E-state index contributed by atoms with van der Waals surface area (Å²) in [5.41, 5.74) is 0.921. The first-order valence-corrected chi connectivity index (χ1v) is 5.84. The summed E-state index contributed by atoms with van der Waals surface area (Å²) in [6.07, 6.45) is 1.72. The molecule has 1 atom stereocenters. The number of rotatable bonds is 5. The molecule has 2 aromatic rings. The summed E-state index contributed by atoms with van der Waals surface area (Å²) >= 11 is 0. The Balaban J connectivity index is 1.94. The van der Waals surface area contributed by atoms with E-state index in [0.717, 1.165) is 11.5 Å². The van der Waals surface area contributed by atoms with E-state index in [1.165, 1.54) is 0 Å². The van der Waals surface area contributed by atoms with Gasteiger partial charge in [0.05, 0.1) is 25.0 Å². The van der Waals surface area contributed by atoms with Crippen molar-refractivity contribution in [3.05, 3.63) is 41.7 Å². The molecule has 0 spiro atoms. The zero-order valence-electron chi connectivity index (χ0n) is 10.8. The fourth-order valence-electron chi connectivity index (χ4n) is 1.59. The molecule has 1 N–H and O–H groups in total. The zero-order chi connectivity index (χ0) is 13.0. The number of aryl methyl sites for hydroxylation is 1. The van der Waals surface area contributed by atoms with Crippen molar-refractivity contribution < 1.29 is 9.15 Å². The lowest BCUT2D eigenvalue weighted by atomic mass is 10.3. The summed E-state index contributed by atoms with van der Waals surface area (Å²) in [6, 6.07) is 5.74. The molecular weight excluding hydrogens is 230 g/mol. The van der Waals surface area contributed by atoms with Crippen LogP contribution >= 0.6 is 0 Å². The monoisotopic (exact) mass is 247 g/mol. The highest BCUT2D eigenvalue weighted by atomic mass is 16.5. The number of aromatic nitrogens is 2. The average molecular weight is 247 g/mol. The number of nitrogens with zero attached hydrogens (tertiary/aromatic N) is 2. The second-order valence-corrected chi connectivity index (χ2v) is 4.08. The van der Waals surface area contributed by atoms with Gasteiger partial charge in [-0.05, 0) is 19.9 Å². The van der Waals surface area contributed by atoms with Crippen LogP contribution in [0.2, 0.25) is 0 Å². The van der Waals surface area contributed by atoms with E-state index in [0.29, 0.717) is 18.3 Å². The summed E-state index contributed by atoms with van der Waals surface area (Å²) in [5, 5.41) is 3.31. The predicted molar refractivity (Wildman–Crippen MR) is 67.3 cm³/mol. The number of pyridine rings is 1. The minimum atomic E-state index is 0.0479. The van der Waals surface area contributed by atoms with Crippen LogP contribution in [0.4, 0.5) is 0 Å². The van der Waals surface area contributed by atoms with Gasteiger partial charge in [0, 0.05) is 12.6 Å². The van der Waals surface area contributed by atoms with Crippen LogP contribution in [-0.4, -0.2) is 17.1 Å². The van der Waals surface area contributed by atoms with Crippen molar-refractivity contribution in [3.63, 3.8) is 0 Å². The van der Waals surface area contributed by atoms with Crippen LogP contribution in [0.5, 0.6) is 5.88 Å². The molecule has 0 aliphatic heterocycles. The molecule has 1 unspecified atom stereocenters. The fourth-order valence-corrected chi connectivity index (χ4v) is 1.59. The second kappa shape index (κ2) is 5.64. The molecule has 0 aromatic carbocycles. The van der Waals surface area contributed by atoms with Crippen LogP contribution in [0, 0.1) is 6.92 Å². The molecule has 5 heteroatoms. The van der Waals surface area contributed by atoms with Crippen molar-refractivity contribution in [1.29, 1.82) is 0 Å². The predicted octanol–water partition coefficient (Wildman–Crippen LogP) is 2.24. The third kappa shape index (κ3) is 3.07. The summed E-state index contributed by atoms with van der Waals surface area (Å²) < 4.78 is 10.5. The van der Waals surface area contributed by atoms with E-state index < -0.39 is 0 Å². The molecule has 0 aliphatic carbocycles. The maximum absolute atomic E-state index is 5.46. The minimum Gasteiger partial charge on any atom is -0.481 e. The maximum Gasteiger partial charge on any atom is 0.213 e. The fraction of sp³-hybridized carbons (Fsp3) is 0.385. The van der Waals surface area contributed by atoms with Crippen LogP contribution in [0.1, 0.15) is 30.3 Å². The summed E-state index contributed by atoms with van der Waals surface area (Å²) in [4.78, 5) is 8.51.